The van der Waals surface area contributed by atoms with Crippen LogP contribution in [0.15, 0.2) is 328 Å². The fourth-order valence-electron chi connectivity index (χ4n) is 20.5. The number of hydrogen-bond donors (Lipinski definition) is 0. The van der Waals surface area contributed by atoms with Crippen LogP contribution in [0.2, 0.25) is 0 Å². The number of carbonyl (C=O) groups is 6. The van der Waals surface area contributed by atoms with E-state index in [9.17, 15) is 19.2 Å². The van der Waals surface area contributed by atoms with Crippen molar-refractivity contribution in [2.24, 2.45) is 53.3 Å². The van der Waals surface area contributed by atoms with Crippen LogP contribution in [-0.2, 0) is 131 Å². The first-order valence-corrected chi connectivity index (χ1v) is 51.9. The van der Waals surface area contributed by atoms with E-state index >= 15 is 9.59 Å². The zero-order valence-electron chi connectivity index (χ0n) is 85.8. The van der Waals surface area contributed by atoms with E-state index < -0.39 is 218 Å². The molecule has 11 aromatic rings. The molecule has 0 amide bonds. The molecule has 0 aliphatic carbocycles. The van der Waals surface area contributed by atoms with Crippen molar-refractivity contribution in [2.75, 3.05) is 46.2 Å². The summed E-state index contributed by atoms with van der Waals surface area (Å²) in [5.41, 5.74) is 5.10. The lowest BCUT2D eigenvalue weighted by Crippen LogP contribution is -2.64. The summed E-state index contributed by atoms with van der Waals surface area (Å²) in [6, 6.07) is 94.6. The third-order valence-corrected chi connectivity index (χ3v) is 29.3. The van der Waals surface area contributed by atoms with Crippen molar-refractivity contribution in [3.8, 4) is 0 Å². The average Bonchev–Trinajstić information content (AvgIpc) is 0.759. The normalized spacial score (nSPS) is 29.8. The van der Waals surface area contributed by atoms with Crippen LogP contribution in [0, 0.1) is 53.3 Å². The number of benzene rings is 11. The van der Waals surface area contributed by atoms with E-state index in [1.54, 1.807) is 182 Å². The molecule has 0 N–H and O–H groups in total. The van der Waals surface area contributed by atoms with Gasteiger partial charge in [-0.1, -0.05) is 305 Å². The number of hydrogen-bond acceptors (Lipinski definition) is 28. The summed E-state index contributed by atoms with van der Waals surface area (Å²) >= 11 is 0. The van der Waals surface area contributed by atoms with Crippen molar-refractivity contribution >= 4 is 46.6 Å². The Morgan fingerprint density at radius 1 is 0.233 bits per heavy atom. The van der Waals surface area contributed by atoms with Crippen molar-refractivity contribution in [1.82, 2.24) is 0 Å². The molecule has 11 aromatic carbocycles. The Morgan fingerprint density at radius 2 is 0.487 bits per heavy atom. The summed E-state index contributed by atoms with van der Waals surface area (Å²) in [6.07, 6.45) is -23.1. The fourth-order valence-corrected chi connectivity index (χ4v) is 20.5. The van der Waals surface area contributed by atoms with Crippen LogP contribution in [0.3, 0.4) is 0 Å². The maximum absolute atomic E-state index is 15.7. The molecule has 6 aliphatic heterocycles. The van der Waals surface area contributed by atoms with Crippen molar-refractivity contribution < 1.29 is 133 Å². The Hall–Kier alpha value is -12.4. The molecule has 6 aliphatic rings. The maximum atomic E-state index is 15.7. The number of rotatable bonds is 43. The lowest BCUT2D eigenvalue weighted by atomic mass is 9.84. The van der Waals surface area contributed by atoms with Gasteiger partial charge < -0.3 is 104 Å². The van der Waals surface area contributed by atoms with E-state index in [1.165, 1.54) is 0 Å². The quantitative estimate of drug-likeness (QED) is 0.0195. The summed E-state index contributed by atoms with van der Waals surface area (Å²) in [7, 11) is 0. The highest BCUT2D eigenvalue weighted by molar-refractivity contribution is 5.92. The molecule has 0 spiro atoms. The molecule has 0 saturated carbocycles. The van der Waals surface area contributed by atoms with E-state index in [0.717, 1.165) is 33.0 Å². The predicted octanol–water partition coefficient (Wildman–Crippen LogP) is 19.8. The minimum absolute atomic E-state index is 0.0263. The largest absolute Gasteiger partial charge is 0.459 e. The molecule has 28 heteroatoms. The van der Waals surface area contributed by atoms with Gasteiger partial charge in [-0.2, -0.15) is 0 Å². The maximum Gasteiger partial charge on any atom is 0.338 e. The van der Waals surface area contributed by atoms with Gasteiger partial charge in [0.25, 0.3) is 0 Å². The summed E-state index contributed by atoms with van der Waals surface area (Å²) < 4.78 is 155. The Bertz CT molecular complexity index is 6090. The number of carbonyl (C=O) groups excluding carboxylic acids is 6. The Labute approximate surface area is 876 Å². The highest BCUT2D eigenvalue weighted by Gasteiger charge is 2.59. The van der Waals surface area contributed by atoms with Gasteiger partial charge in [-0.15, -0.1) is 6.58 Å². The third kappa shape index (κ3) is 27.7. The Kier molecular flexibility index (Phi) is 38.5. The third-order valence-electron chi connectivity index (χ3n) is 29.3. The van der Waals surface area contributed by atoms with Crippen molar-refractivity contribution in [1.29, 1.82) is 0 Å². The van der Waals surface area contributed by atoms with Crippen molar-refractivity contribution in [2.45, 2.75) is 218 Å². The molecule has 6 fully saturated rings. The molecule has 6 saturated heterocycles. The highest BCUT2D eigenvalue weighted by Crippen LogP contribution is 2.47. The smallest absolute Gasteiger partial charge is 0.338 e. The Morgan fingerprint density at radius 3 is 0.813 bits per heavy atom. The van der Waals surface area contributed by atoms with E-state index in [1.807, 2.05) is 178 Å². The van der Waals surface area contributed by atoms with Crippen LogP contribution in [0.5, 0.6) is 0 Å². The lowest BCUT2D eigenvalue weighted by Gasteiger charge is -2.52. The molecule has 0 bridgehead atoms. The molecule has 30 atom stereocenters. The molecule has 0 aromatic heterocycles. The molecule has 150 heavy (non-hydrogen) atoms. The minimum atomic E-state index is -1.61. The fraction of sp³-hybridized carbons (Fsp3) is 0.410. The molecule has 6 heterocycles. The van der Waals surface area contributed by atoms with Gasteiger partial charge in [0.15, 0.2) is 56.1 Å². The van der Waals surface area contributed by atoms with E-state index in [-0.39, 0.29) is 100 Å². The van der Waals surface area contributed by atoms with Crippen LogP contribution >= 0.6 is 0 Å². The van der Waals surface area contributed by atoms with Crippen LogP contribution in [-0.4, -0.2) is 211 Å². The highest BCUT2D eigenvalue weighted by atomic mass is 16.8. The summed E-state index contributed by atoms with van der Waals surface area (Å²) in [5, 5.41) is 2.11. The average molecular weight is 2050 g/mol. The summed E-state index contributed by atoms with van der Waals surface area (Å²) in [4.78, 5) is 88.7. The summed E-state index contributed by atoms with van der Waals surface area (Å²) in [6.45, 7) is 20.9. The summed E-state index contributed by atoms with van der Waals surface area (Å²) in [5.74, 6) is -10.6. The zero-order chi connectivity index (χ0) is 105. The van der Waals surface area contributed by atoms with Crippen LogP contribution in [0.1, 0.15) is 147 Å². The van der Waals surface area contributed by atoms with Gasteiger partial charge in [0.2, 0.25) is 0 Å². The molecular weight excluding hydrogens is 1910 g/mol. The standard InChI is InChI=1S/C122H134O28/c1-11-63-132-120-108(143-114(126)92-54-33-18-34-55-92)105(78(5)96(140-120)69-129-65-84-41-21-12-22-42-84)148-118-82(9)103(76(3)100(138-118)73-135-112(124)90-50-29-16-30-51-90)146-122-110(145-116(128)94-58-37-20-38-59-94)107(80(7)98(142-122)71-131-67-86-45-25-14-26-46-86)150-119-83(10)104(77(4)101(139-119)74-136-113(125)91-52-31-17-32-53-91)147-121-109(144-115(127)93-56-35-19-36-57-93)106(79(6)97(141-121)70-130-66-85-43-23-13-24-44-85)149-117-81(8)102(133-68-87-61-62-88-47-39-40-60-95(88)64-87)75(2)99(137-117)72-134-111(123)89-48-27-15-28-49-89/h11-62,64,75-83,96-110,117-122H,1,63,65-74H2,2-10H3/t75?,76?,77?,78-,79-,80-,81?,82?,83?,96?,97?,98?,99?,100?,101?,102?,103?,104?,105-,106-,107-,108?,109?,110?,117?,118?,119?,120+,121-,122-/m0/s1. The predicted molar refractivity (Wildman–Crippen MR) is 553 cm³/mol. The van der Waals surface area contributed by atoms with Gasteiger partial charge in [-0.05, 0) is 112 Å². The SMILES string of the molecule is C=CCO[C@@H]1OC(COCc2ccccc2)[C@H](C)[C@H](OC2OC(COC(=O)c3ccccc3)C(C)C(O[C@@H]3OC(COCc4ccccc4)[C@H](C)[C@H](OC4OC(COC(=O)c5ccccc5)C(C)C(O[C@@H]5OC(COCc6ccccc6)[C@H](C)[C@H](OC6OC(COC(=O)c7ccccc7)C(C)C(OCc7ccc8ccccc8c7)C6C)C5OC(=O)c5ccccc5)C4C)C3OC(=O)c3ccccc3)C2C)C1OC(=O)c1ccccc1. The van der Waals surface area contributed by atoms with Gasteiger partial charge in [0, 0.05) is 53.3 Å². The second kappa shape index (κ2) is 53.0. The van der Waals surface area contributed by atoms with E-state index in [2.05, 4.69) is 30.8 Å². The van der Waals surface area contributed by atoms with E-state index in [0.29, 0.717) is 5.56 Å². The van der Waals surface area contributed by atoms with Gasteiger partial charge >= 0.3 is 35.8 Å². The monoisotopic (exact) mass is 2050 g/mol. The molecular formula is C122H134O28. The first-order valence-electron chi connectivity index (χ1n) is 51.9. The number of esters is 6. The molecule has 17 rings (SSSR count). The molecule has 21 unspecified atom stereocenters. The number of fused-ring (bicyclic) bond motifs is 1. The van der Waals surface area contributed by atoms with Crippen LogP contribution < -0.4 is 0 Å². The van der Waals surface area contributed by atoms with Crippen molar-refractivity contribution in [3.05, 3.63) is 384 Å². The van der Waals surface area contributed by atoms with Crippen molar-refractivity contribution in [3.63, 3.8) is 0 Å². The number of ether oxygens (including phenoxy) is 22. The van der Waals surface area contributed by atoms with Crippen LogP contribution in [0.4, 0.5) is 0 Å². The topological polar surface area (TPSA) is 305 Å². The van der Waals surface area contributed by atoms with Crippen LogP contribution in [0.25, 0.3) is 10.8 Å². The van der Waals surface area contributed by atoms with Gasteiger partial charge in [-0.25, -0.2) is 28.8 Å². The van der Waals surface area contributed by atoms with E-state index in [4.69, 9.17) is 104 Å². The molecule has 790 valence electrons. The lowest BCUT2D eigenvalue weighted by molar-refractivity contribution is -0.379. The zero-order valence-corrected chi connectivity index (χ0v) is 85.8. The van der Waals surface area contributed by atoms with Gasteiger partial charge in [0.1, 0.15) is 38.1 Å². The van der Waals surface area contributed by atoms with Gasteiger partial charge in [0.05, 0.1) is 141 Å². The Balaban J connectivity index is 0.747. The first-order chi connectivity index (χ1) is 73.1. The first kappa shape index (κ1) is 109. The second-order valence-corrected chi connectivity index (χ2v) is 39.7. The molecule has 0 radical (unpaired) electrons. The van der Waals surface area contributed by atoms with Gasteiger partial charge in [-0.3, -0.25) is 0 Å². The second-order valence-electron chi connectivity index (χ2n) is 39.7. The minimum Gasteiger partial charge on any atom is -0.459 e. The molecule has 28 nitrogen and oxygen atoms in total.